The number of amides is 1. The first kappa shape index (κ1) is 8.77. The Labute approximate surface area is 71.4 Å². The van der Waals surface area contributed by atoms with Crippen LogP contribution >= 0.6 is 0 Å². The van der Waals surface area contributed by atoms with E-state index >= 15 is 0 Å². The number of nitrogens with one attached hydrogen (secondary N) is 2. The fraction of sp³-hybridized carbons (Fsp3) is 0.500. The van der Waals surface area contributed by atoms with Crippen molar-refractivity contribution in [2.45, 2.75) is 26.3 Å². The molecule has 0 saturated heterocycles. The molecule has 1 amide bonds. The molecule has 0 saturated carbocycles. The molecule has 1 aromatic heterocycles. The lowest BCUT2D eigenvalue weighted by Crippen LogP contribution is -2.32. The zero-order valence-corrected chi connectivity index (χ0v) is 7.29. The number of hydrogen-bond donors (Lipinski definition) is 2. The molecule has 0 radical (unpaired) electrons. The average Bonchev–Trinajstić information content (AvgIpc) is 2.56. The Morgan fingerprint density at radius 3 is 3.08 bits per heavy atom. The molecule has 66 valence electrons. The molecular weight excluding hydrogens is 154 g/mol. The lowest BCUT2D eigenvalue weighted by atomic mass is 10.2. The van der Waals surface area contributed by atoms with E-state index in [0.717, 1.165) is 6.42 Å². The summed E-state index contributed by atoms with van der Waals surface area (Å²) in [6.45, 7) is 3.99. The number of nitrogens with zero attached hydrogens (tertiary/aromatic N) is 1. The van der Waals surface area contributed by atoms with Crippen LogP contribution in [0.3, 0.4) is 0 Å². The summed E-state index contributed by atoms with van der Waals surface area (Å²) < 4.78 is 0. The molecule has 1 atom stereocenters. The standard InChI is InChI=1S/C8H13N3O/c1-3-6(2)11-8(12)7-4-9-5-10-7/h4-6H,3H2,1-2H3,(H,9,10)(H,11,12). The van der Waals surface area contributed by atoms with E-state index < -0.39 is 0 Å². The quantitative estimate of drug-likeness (QED) is 0.703. The largest absolute Gasteiger partial charge is 0.348 e. The average molecular weight is 167 g/mol. The van der Waals surface area contributed by atoms with Crippen LogP contribution in [0, 0.1) is 0 Å². The third-order valence-electron chi connectivity index (χ3n) is 1.73. The highest BCUT2D eigenvalue weighted by Gasteiger charge is 2.08. The van der Waals surface area contributed by atoms with Gasteiger partial charge < -0.3 is 10.3 Å². The maximum Gasteiger partial charge on any atom is 0.269 e. The molecule has 0 spiro atoms. The Kier molecular flexibility index (Phi) is 2.85. The SMILES string of the molecule is CCC(C)NC(=O)c1cnc[nH]1. The summed E-state index contributed by atoms with van der Waals surface area (Å²) in [5.41, 5.74) is 0.510. The van der Waals surface area contributed by atoms with Crippen molar-refractivity contribution in [3.8, 4) is 0 Å². The molecule has 0 aromatic carbocycles. The van der Waals surface area contributed by atoms with Gasteiger partial charge in [0.15, 0.2) is 0 Å². The molecule has 1 rings (SSSR count). The molecule has 2 N–H and O–H groups in total. The van der Waals surface area contributed by atoms with Crippen molar-refractivity contribution in [3.63, 3.8) is 0 Å². The van der Waals surface area contributed by atoms with Crippen LogP contribution in [-0.4, -0.2) is 21.9 Å². The Bertz CT molecular complexity index is 243. The number of carbonyl (C=O) groups is 1. The van der Waals surface area contributed by atoms with Crippen LogP contribution in [-0.2, 0) is 0 Å². The van der Waals surface area contributed by atoms with Gasteiger partial charge in [-0.05, 0) is 13.3 Å². The van der Waals surface area contributed by atoms with Gasteiger partial charge in [-0.25, -0.2) is 4.98 Å². The second-order valence-corrected chi connectivity index (χ2v) is 2.75. The molecular formula is C8H13N3O. The number of aromatic nitrogens is 2. The van der Waals surface area contributed by atoms with E-state index in [9.17, 15) is 4.79 Å². The third kappa shape index (κ3) is 2.08. The summed E-state index contributed by atoms with van der Waals surface area (Å²) >= 11 is 0. The molecule has 0 aliphatic heterocycles. The van der Waals surface area contributed by atoms with Crippen molar-refractivity contribution < 1.29 is 4.79 Å². The van der Waals surface area contributed by atoms with E-state index in [0.29, 0.717) is 5.69 Å². The molecule has 4 heteroatoms. The van der Waals surface area contributed by atoms with Gasteiger partial charge in [0.25, 0.3) is 5.91 Å². The molecule has 0 bridgehead atoms. The van der Waals surface area contributed by atoms with Gasteiger partial charge in [-0.3, -0.25) is 4.79 Å². The van der Waals surface area contributed by atoms with Gasteiger partial charge in [0.05, 0.1) is 12.5 Å². The summed E-state index contributed by atoms with van der Waals surface area (Å²) in [5.74, 6) is -0.0955. The van der Waals surface area contributed by atoms with Crippen LogP contribution < -0.4 is 5.32 Å². The maximum atomic E-state index is 11.3. The van der Waals surface area contributed by atoms with E-state index in [4.69, 9.17) is 0 Å². The summed E-state index contributed by atoms with van der Waals surface area (Å²) in [4.78, 5) is 17.8. The van der Waals surface area contributed by atoms with Crippen molar-refractivity contribution in [1.82, 2.24) is 15.3 Å². The maximum absolute atomic E-state index is 11.3. The van der Waals surface area contributed by atoms with Crippen LogP contribution in [0.2, 0.25) is 0 Å². The fourth-order valence-electron chi connectivity index (χ4n) is 0.784. The Hall–Kier alpha value is -1.32. The van der Waals surface area contributed by atoms with Crippen LogP contribution in [0.25, 0.3) is 0 Å². The van der Waals surface area contributed by atoms with Crippen molar-refractivity contribution in [2.24, 2.45) is 0 Å². The Morgan fingerprint density at radius 2 is 2.58 bits per heavy atom. The minimum atomic E-state index is -0.0955. The molecule has 0 fully saturated rings. The summed E-state index contributed by atoms with van der Waals surface area (Å²) in [7, 11) is 0. The first-order valence-electron chi connectivity index (χ1n) is 4.03. The lowest BCUT2D eigenvalue weighted by Gasteiger charge is -2.09. The summed E-state index contributed by atoms with van der Waals surface area (Å²) in [6.07, 6.45) is 3.93. The van der Waals surface area contributed by atoms with Gasteiger partial charge in [-0.2, -0.15) is 0 Å². The van der Waals surface area contributed by atoms with Gasteiger partial charge in [-0.1, -0.05) is 6.92 Å². The molecule has 1 heterocycles. The third-order valence-corrected chi connectivity index (χ3v) is 1.73. The molecule has 1 unspecified atom stereocenters. The van der Waals surface area contributed by atoms with Gasteiger partial charge in [0, 0.05) is 6.04 Å². The monoisotopic (exact) mass is 167 g/mol. The predicted octanol–water partition coefficient (Wildman–Crippen LogP) is 0.938. The summed E-state index contributed by atoms with van der Waals surface area (Å²) in [5, 5.41) is 2.82. The minimum absolute atomic E-state index is 0.0955. The topological polar surface area (TPSA) is 57.8 Å². The van der Waals surface area contributed by atoms with E-state index in [1.807, 2.05) is 13.8 Å². The Morgan fingerprint density at radius 1 is 1.83 bits per heavy atom. The van der Waals surface area contributed by atoms with Gasteiger partial charge in [0.1, 0.15) is 5.69 Å². The van der Waals surface area contributed by atoms with Crippen molar-refractivity contribution in [3.05, 3.63) is 18.2 Å². The van der Waals surface area contributed by atoms with Crippen LogP contribution in [0.4, 0.5) is 0 Å². The molecule has 12 heavy (non-hydrogen) atoms. The highest BCUT2D eigenvalue weighted by Crippen LogP contribution is 1.94. The normalized spacial score (nSPS) is 12.5. The molecule has 1 aromatic rings. The zero-order valence-electron chi connectivity index (χ0n) is 7.29. The van der Waals surface area contributed by atoms with Gasteiger partial charge in [0.2, 0.25) is 0 Å². The smallest absolute Gasteiger partial charge is 0.269 e. The first-order chi connectivity index (χ1) is 5.74. The molecule has 0 aliphatic carbocycles. The predicted molar refractivity (Wildman–Crippen MR) is 45.8 cm³/mol. The Balaban J connectivity index is 2.50. The van der Waals surface area contributed by atoms with E-state index in [1.165, 1.54) is 12.5 Å². The van der Waals surface area contributed by atoms with Crippen LogP contribution in [0.5, 0.6) is 0 Å². The van der Waals surface area contributed by atoms with Crippen molar-refractivity contribution in [2.75, 3.05) is 0 Å². The lowest BCUT2D eigenvalue weighted by molar-refractivity contribution is 0.0935. The highest BCUT2D eigenvalue weighted by molar-refractivity contribution is 5.92. The second-order valence-electron chi connectivity index (χ2n) is 2.75. The fourth-order valence-corrected chi connectivity index (χ4v) is 0.784. The zero-order chi connectivity index (χ0) is 8.97. The van der Waals surface area contributed by atoms with Crippen molar-refractivity contribution >= 4 is 5.91 Å². The minimum Gasteiger partial charge on any atom is -0.348 e. The second kappa shape index (κ2) is 3.90. The van der Waals surface area contributed by atoms with Crippen molar-refractivity contribution in [1.29, 1.82) is 0 Å². The van der Waals surface area contributed by atoms with Gasteiger partial charge >= 0.3 is 0 Å². The molecule has 0 aliphatic rings. The van der Waals surface area contributed by atoms with E-state index in [-0.39, 0.29) is 11.9 Å². The number of aromatic amines is 1. The summed E-state index contributed by atoms with van der Waals surface area (Å²) in [6, 6.07) is 0.209. The van der Waals surface area contributed by atoms with Crippen LogP contribution in [0.15, 0.2) is 12.5 Å². The van der Waals surface area contributed by atoms with Gasteiger partial charge in [-0.15, -0.1) is 0 Å². The number of imidazole rings is 1. The number of hydrogen-bond acceptors (Lipinski definition) is 2. The highest BCUT2D eigenvalue weighted by atomic mass is 16.1. The van der Waals surface area contributed by atoms with E-state index in [1.54, 1.807) is 0 Å². The number of H-pyrrole nitrogens is 1. The first-order valence-corrected chi connectivity index (χ1v) is 4.03. The number of rotatable bonds is 3. The number of carbonyl (C=O) groups excluding carboxylic acids is 1. The van der Waals surface area contributed by atoms with Crippen LogP contribution in [0.1, 0.15) is 30.8 Å². The molecule has 4 nitrogen and oxygen atoms in total. The van der Waals surface area contributed by atoms with E-state index in [2.05, 4.69) is 15.3 Å².